The zero-order valence-corrected chi connectivity index (χ0v) is 43.1. The number of benzene rings is 2. The maximum absolute atomic E-state index is 16.9. The molecule has 7 unspecified atom stereocenters. The van der Waals surface area contributed by atoms with Crippen LogP contribution < -0.4 is 15.4 Å². The molecule has 3 saturated heterocycles. The molecule has 0 aliphatic carbocycles. The molecule has 3 fully saturated rings. The lowest BCUT2D eigenvalue weighted by Gasteiger charge is -2.38. The van der Waals surface area contributed by atoms with Crippen LogP contribution in [0.5, 0.6) is 5.75 Å². The van der Waals surface area contributed by atoms with Crippen LogP contribution in [0.4, 0.5) is 27.2 Å². The SMILES string of the molecule is COC(=O)NC(C(=O)N1CCCC1c1ncc(-c2cc(F)c3c(c2)OC(c2ccc(CC(F)(F)F)s2)n2c-3cc3cc(-c4cnc(C5CCCN5C(=O)C(NC(=O)OC)C5CC(C)OC(C)C5)[nH]4)ccc32)[nH]1)C(C)C. The van der Waals surface area contributed by atoms with Crippen molar-refractivity contribution >= 4 is 46.2 Å². The lowest BCUT2D eigenvalue weighted by molar-refractivity contribution is -0.138. The van der Waals surface area contributed by atoms with Crippen molar-refractivity contribution < 1.29 is 55.7 Å². The van der Waals surface area contributed by atoms with E-state index in [1.165, 1.54) is 26.4 Å². The van der Waals surface area contributed by atoms with Crippen molar-refractivity contribution in [2.75, 3.05) is 27.3 Å². The first-order valence-electron chi connectivity index (χ1n) is 25.2. The van der Waals surface area contributed by atoms with Gasteiger partial charge in [-0.3, -0.25) is 14.2 Å². The third-order valence-electron chi connectivity index (χ3n) is 14.8. The number of imidazole rings is 2. The largest absolute Gasteiger partial charge is 0.464 e. The predicted molar refractivity (Wildman–Crippen MR) is 269 cm³/mol. The van der Waals surface area contributed by atoms with Crippen molar-refractivity contribution in [3.8, 4) is 39.5 Å². The van der Waals surface area contributed by atoms with E-state index in [4.69, 9.17) is 23.9 Å². The molecule has 22 heteroatoms. The number of hydrogen-bond acceptors (Lipinski definition) is 11. The lowest BCUT2D eigenvalue weighted by atomic mass is 9.85. The number of fused-ring (bicyclic) bond motifs is 5. The van der Waals surface area contributed by atoms with Crippen LogP contribution in [0.15, 0.2) is 60.9 Å². The van der Waals surface area contributed by atoms with E-state index >= 15 is 4.39 Å². The first-order chi connectivity index (χ1) is 35.9. The highest BCUT2D eigenvalue weighted by Crippen LogP contribution is 2.49. The highest BCUT2D eigenvalue weighted by Gasteiger charge is 2.43. The quantitative estimate of drug-likeness (QED) is 0.0856. The smallest absolute Gasteiger partial charge is 0.407 e. The zero-order chi connectivity index (χ0) is 53.0. The third-order valence-corrected chi connectivity index (χ3v) is 15.9. The Morgan fingerprint density at radius 3 is 2.08 bits per heavy atom. The van der Waals surface area contributed by atoms with E-state index in [0.29, 0.717) is 95.3 Å². The monoisotopic (exact) mass is 1060 g/mol. The molecular formula is C53H59F4N9O8S. The number of alkyl halides is 3. The Labute approximate surface area is 433 Å². The maximum Gasteiger partial charge on any atom is 0.407 e. The van der Waals surface area contributed by atoms with Crippen LogP contribution in [-0.2, 0) is 30.2 Å². The summed E-state index contributed by atoms with van der Waals surface area (Å²) in [4.78, 5) is 73.1. The van der Waals surface area contributed by atoms with Crippen molar-refractivity contribution in [2.24, 2.45) is 11.8 Å². The molecule has 0 radical (unpaired) electrons. The number of likely N-dealkylation sites (tertiary alicyclic amines) is 2. The zero-order valence-electron chi connectivity index (χ0n) is 42.3. The second-order valence-corrected chi connectivity index (χ2v) is 21.5. The van der Waals surface area contributed by atoms with E-state index in [1.807, 2.05) is 52.0 Å². The Hall–Kier alpha value is -6.94. The van der Waals surface area contributed by atoms with Crippen LogP contribution in [-0.4, -0.2) is 116 Å². The number of carbonyl (C=O) groups excluding carboxylic acids is 4. The average molecular weight is 1060 g/mol. The normalized spacial score (nSPS) is 22.4. The summed E-state index contributed by atoms with van der Waals surface area (Å²) >= 11 is 0.968. The summed E-state index contributed by atoms with van der Waals surface area (Å²) in [5.41, 5.74) is 3.48. The van der Waals surface area contributed by atoms with Crippen LogP contribution in [0.25, 0.3) is 44.7 Å². The maximum atomic E-state index is 16.9. The van der Waals surface area contributed by atoms with Gasteiger partial charge >= 0.3 is 18.4 Å². The lowest BCUT2D eigenvalue weighted by Crippen LogP contribution is -2.54. The number of carbonyl (C=O) groups is 4. The second kappa shape index (κ2) is 20.6. The summed E-state index contributed by atoms with van der Waals surface area (Å²) in [5, 5.41) is 6.16. The number of methoxy groups -OCH3 is 2. The molecule has 7 atom stereocenters. The Bertz CT molecular complexity index is 3120. The van der Waals surface area contributed by atoms with Crippen LogP contribution in [0.1, 0.15) is 106 Å². The minimum atomic E-state index is -4.44. The van der Waals surface area contributed by atoms with Crippen molar-refractivity contribution in [2.45, 2.75) is 121 Å². The molecule has 2 aromatic carbocycles. The fourth-order valence-electron chi connectivity index (χ4n) is 11.4. The molecule has 4 amide bonds. The number of ether oxygens (including phenoxy) is 4. The number of amides is 4. The van der Waals surface area contributed by atoms with Gasteiger partial charge in [0.15, 0.2) is 0 Å². The molecule has 0 spiro atoms. The fourth-order valence-corrected chi connectivity index (χ4v) is 12.5. The molecule has 398 valence electrons. The number of aromatic amines is 2. The average Bonchev–Trinajstić information content (AvgIpc) is 4.25. The number of hydrogen-bond donors (Lipinski definition) is 4. The topological polar surface area (TPSA) is 198 Å². The van der Waals surface area contributed by atoms with Gasteiger partial charge in [-0.05, 0) is 107 Å². The van der Waals surface area contributed by atoms with Gasteiger partial charge in [0.2, 0.25) is 18.0 Å². The minimum Gasteiger partial charge on any atom is -0.464 e. The van der Waals surface area contributed by atoms with Gasteiger partial charge in [0, 0.05) is 34.5 Å². The summed E-state index contributed by atoms with van der Waals surface area (Å²) in [6.45, 7) is 8.49. The second-order valence-electron chi connectivity index (χ2n) is 20.3. The summed E-state index contributed by atoms with van der Waals surface area (Å²) in [6, 6.07) is 11.1. The molecule has 0 bridgehead atoms. The summed E-state index contributed by atoms with van der Waals surface area (Å²) in [6.07, 6.45) is -0.996. The van der Waals surface area contributed by atoms with E-state index < -0.39 is 61.0 Å². The molecule has 10 rings (SSSR count). The first kappa shape index (κ1) is 51.5. The van der Waals surface area contributed by atoms with E-state index in [9.17, 15) is 32.3 Å². The number of aromatic nitrogens is 5. The summed E-state index contributed by atoms with van der Waals surface area (Å²) in [5.74, 6) is -0.282. The molecule has 4 aromatic heterocycles. The number of thiophene rings is 1. The molecular weight excluding hydrogens is 999 g/mol. The van der Waals surface area contributed by atoms with Crippen LogP contribution >= 0.6 is 11.3 Å². The van der Waals surface area contributed by atoms with Gasteiger partial charge in [0.05, 0.1) is 90.4 Å². The fraction of sp³-hybridized carbons (Fsp3) is 0.472. The molecule has 8 heterocycles. The van der Waals surface area contributed by atoms with E-state index in [2.05, 4.69) is 25.6 Å². The third kappa shape index (κ3) is 10.3. The van der Waals surface area contributed by atoms with E-state index in [-0.39, 0.29) is 52.0 Å². The van der Waals surface area contributed by atoms with Crippen molar-refractivity contribution in [1.82, 2.24) is 44.9 Å². The molecule has 4 N–H and O–H groups in total. The summed E-state index contributed by atoms with van der Waals surface area (Å²) < 4.78 is 82.1. The van der Waals surface area contributed by atoms with Gasteiger partial charge in [-0.25, -0.2) is 23.9 Å². The standard InChI is InChI=1S/C53H59F4N9O8S/c1-26(2)44(62-51(69)71-5)48(67)64-15-7-9-38(64)47-59-25-36(61-47)30-20-34(54)43-40-21-31-19-29(11-13-37(31)66(40)50(74-41(43)22-30)42-14-12-33(75-42)23-53(55,56)57)35-24-58-46(60-35)39-10-8-16-65(39)49(68)45(63-52(70)72-6)32-17-27(3)73-28(4)18-32/h11-14,19-22,24-28,32,38-39,44-45,50H,7-10,15-18,23H2,1-6H3,(H,58,60)(H,59,61)(H,62,69)(H,63,70). The number of alkyl carbamates (subject to hydrolysis) is 2. The van der Waals surface area contributed by atoms with E-state index in [0.717, 1.165) is 23.3 Å². The molecule has 17 nitrogen and oxygen atoms in total. The number of nitrogens with zero attached hydrogens (tertiary/aromatic N) is 5. The van der Waals surface area contributed by atoms with Gasteiger partial charge < -0.3 is 49.3 Å². The Balaban J connectivity index is 0.961. The summed E-state index contributed by atoms with van der Waals surface area (Å²) in [7, 11) is 2.50. The van der Waals surface area contributed by atoms with Gasteiger partial charge in [-0.15, -0.1) is 11.3 Å². The van der Waals surface area contributed by atoms with Crippen LogP contribution in [0.3, 0.4) is 0 Å². The van der Waals surface area contributed by atoms with Crippen LogP contribution in [0, 0.1) is 17.7 Å². The molecule has 4 aliphatic rings. The number of nitrogens with one attached hydrogen (secondary N) is 4. The van der Waals surface area contributed by atoms with E-state index in [1.54, 1.807) is 38.9 Å². The van der Waals surface area contributed by atoms with Gasteiger partial charge in [0.25, 0.3) is 0 Å². The Morgan fingerprint density at radius 1 is 0.827 bits per heavy atom. The van der Waals surface area contributed by atoms with Crippen molar-refractivity contribution in [3.05, 3.63) is 88.1 Å². The van der Waals surface area contributed by atoms with Gasteiger partial charge in [0.1, 0.15) is 35.3 Å². The van der Waals surface area contributed by atoms with Crippen LogP contribution in [0.2, 0.25) is 0 Å². The highest BCUT2D eigenvalue weighted by molar-refractivity contribution is 7.12. The highest BCUT2D eigenvalue weighted by atomic mass is 32.1. The molecule has 4 aliphatic heterocycles. The molecule has 0 saturated carbocycles. The molecule has 6 aromatic rings. The minimum absolute atomic E-state index is 0.0901. The number of halogens is 4. The molecule has 75 heavy (non-hydrogen) atoms. The van der Waals surface area contributed by atoms with Crippen molar-refractivity contribution in [1.29, 1.82) is 0 Å². The van der Waals surface area contributed by atoms with Gasteiger partial charge in [-0.2, -0.15) is 13.2 Å². The predicted octanol–water partition coefficient (Wildman–Crippen LogP) is 9.97. The number of rotatable bonds is 12. The van der Waals surface area contributed by atoms with Crippen molar-refractivity contribution in [3.63, 3.8) is 0 Å². The van der Waals surface area contributed by atoms with Gasteiger partial charge in [-0.1, -0.05) is 19.9 Å². The number of H-pyrrole nitrogens is 2. The Kier molecular flexibility index (Phi) is 14.2. The first-order valence-corrected chi connectivity index (χ1v) is 26.1. The Morgan fingerprint density at radius 2 is 1.45 bits per heavy atom.